The van der Waals surface area contributed by atoms with E-state index in [2.05, 4.69) is 5.32 Å². The number of carbonyl (C=O) groups excluding carboxylic acids is 3. The van der Waals surface area contributed by atoms with Gasteiger partial charge in [0, 0.05) is 6.04 Å². The van der Waals surface area contributed by atoms with E-state index in [1.807, 2.05) is 36.4 Å². The van der Waals surface area contributed by atoms with Crippen LogP contribution in [0.1, 0.15) is 31.2 Å². The van der Waals surface area contributed by atoms with Gasteiger partial charge in [0.15, 0.2) is 0 Å². The summed E-state index contributed by atoms with van der Waals surface area (Å²) in [6.07, 6.45) is 8.56. The van der Waals surface area contributed by atoms with Crippen LogP contribution in [-0.2, 0) is 9.59 Å². The largest absolute Gasteiger partial charge is 0.331 e. The van der Waals surface area contributed by atoms with Gasteiger partial charge in [-0.2, -0.15) is 0 Å². The van der Waals surface area contributed by atoms with Crippen LogP contribution < -0.4 is 5.32 Å². The molecule has 0 radical (unpaired) electrons. The topological polar surface area (TPSA) is 66.5 Å². The number of allylic oxidation sites excluding steroid dienone is 2. The van der Waals surface area contributed by atoms with E-state index in [1.54, 1.807) is 6.08 Å². The minimum atomic E-state index is -0.632. The fraction of sp³-hybridized carbons (Fsp3) is 0.278. The highest BCUT2D eigenvalue weighted by Crippen LogP contribution is 2.26. The number of amides is 4. The van der Waals surface area contributed by atoms with E-state index >= 15 is 0 Å². The first-order valence-corrected chi connectivity index (χ1v) is 7.79. The molecule has 1 N–H and O–H groups in total. The zero-order valence-electron chi connectivity index (χ0n) is 12.7. The zero-order chi connectivity index (χ0) is 16.2. The van der Waals surface area contributed by atoms with E-state index < -0.39 is 17.8 Å². The van der Waals surface area contributed by atoms with Crippen LogP contribution >= 0.6 is 0 Å². The lowest BCUT2D eigenvalue weighted by Gasteiger charge is -2.30. The van der Waals surface area contributed by atoms with E-state index in [0.717, 1.165) is 31.2 Å². The molecule has 1 saturated carbocycles. The number of urea groups is 1. The Bertz CT molecular complexity index is 685. The van der Waals surface area contributed by atoms with Gasteiger partial charge in [0.2, 0.25) is 0 Å². The monoisotopic (exact) mass is 310 g/mol. The van der Waals surface area contributed by atoms with E-state index in [9.17, 15) is 14.4 Å². The second-order valence-electron chi connectivity index (χ2n) is 5.72. The Labute approximate surface area is 134 Å². The lowest BCUT2D eigenvalue weighted by Crippen LogP contribution is -2.57. The summed E-state index contributed by atoms with van der Waals surface area (Å²) in [6, 6.07) is 8.88. The number of hydrogen-bond donors (Lipinski definition) is 1. The maximum atomic E-state index is 12.5. The second kappa shape index (κ2) is 6.60. The van der Waals surface area contributed by atoms with Crippen LogP contribution in [0.15, 0.2) is 48.1 Å². The predicted molar refractivity (Wildman–Crippen MR) is 86.2 cm³/mol. The quantitative estimate of drug-likeness (QED) is 0.689. The molecule has 1 aliphatic carbocycles. The number of barbiturate groups is 1. The number of hydrogen-bond acceptors (Lipinski definition) is 3. The molecule has 0 atom stereocenters. The highest BCUT2D eigenvalue weighted by molar-refractivity contribution is 6.29. The van der Waals surface area contributed by atoms with E-state index in [0.29, 0.717) is 0 Å². The molecule has 3 rings (SSSR count). The molecule has 4 amide bonds. The molecule has 5 heteroatoms. The minimum absolute atomic E-state index is 0.00341. The maximum Gasteiger partial charge on any atom is 0.331 e. The van der Waals surface area contributed by atoms with Crippen LogP contribution in [0.25, 0.3) is 6.08 Å². The second-order valence-corrected chi connectivity index (χ2v) is 5.72. The number of nitrogens with zero attached hydrogens (tertiary/aromatic N) is 1. The van der Waals surface area contributed by atoms with Crippen LogP contribution in [0.5, 0.6) is 0 Å². The molecule has 0 unspecified atom stereocenters. The summed E-state index contributed by atoms with van der Waals surface area (Å²) in [6.45, 7) is 0. The van der Waals surface area contributed by atoms with Crippen molar-refractivity contribution in [2.75, 3.05) is 0 Å². The predicted octanol–water partition coefficient (Wildman–Crippen LogP) is 2.65. The van der Waals surface area contributed by atoms with Gasteiger partial charge < -0.3 is 0 Å². The van der Waals surface area contributed by atoms with Crippen LogP contribution in [0.2, 0.25) is 0 Å². The lowest BCUT2D eigenvalue weighted by atomic mass is 10.1. The molecule has 1 heterocycles. The standard InChI is InChI=1S/C18H18N2O3/c21-16-15(12-6-9-13-7-2-1-3-8-13)17(22)20(18(23)19-16)14-10-4-5-11-14/h1-3,6-9,12,14H,4-5,10-11H2,(H,19,21,23)/b9-6+,15-12-. The summed E-state index contributed by atoms with van der Waals surface area (Å²) in [4.78, 5) is 37.6. The third-order valence-corrected chi connectivity index (χ3v) is 4.17. The average Bonchev–Trinajstić information content (AvgIpc) is 3.05. The van der Waals surface area contributed by atoms with E-state index in [1.165, 1.54) is 11.0 Å². The minimum Gasteiger partial charge on any atom is -0.273 e. The Balaban J connectivity index is 1.81. The van der Waals surface area contributed by atoms with Crippen molar-refractivity contribution >= 4 is 23.9 Å². The Morgan fingerprint density at radius 2 is 1.74 bits per heavy atom. The third kappa shape index (κ3) is 3.23. The molecule has 1 aromatic carbocycles. The van der Waals surface area contributed by atoms with Crippen molar-refractivity contribution in [2.45, 2.75) is 31.7 Å². The van der Waals surface area contributed by atoms with Gasteiger partial charge in [-0.15, -0.1) is 0 Å². The molecule has 5 nitrogen and oxygen atoms in total. The SMILES string of the molecule is O=C1NC(=O)N(C2CCCC2)C(=O)/C1=C\C=C\c1ccccc1. The van der Waals surface area contributed by atoms with Crippen LogP contribution in [0.4, 0.5) is 4.79 Å². The number of rotatable bonds is 3. The molecular formula is C18H18N2O3. The summed E-state index contributed by atoms with van der Waals surface area (Å²) >= 11 is 0. The van der Waals surface area contributed by atoms with Gasteiger partial charge in [-0.1, -0.05) is 55.3 Å². The van der Waals surface area contributed by atoms with Gasteiger partial charge in [-0.05, 0) is 24.5 Å². The molecular weight excluding hydrogens is 292 g/mol. The summed E-state index contributed by atoms with van der Waals surface area (Å²) in [5.41, 5.74) is 0.973. The number of nitrogens with one attached hydrogen (secondary N) is 1. The zero-order valence-corrected chi connectivity index (χ0v) is 12.7. The molecule has 0 spiro atoms. The Hall–Kier alpha value is -2.69. The first kappa shape index (κ1) is 15.2. The number of imide groups is 2. The Kier molecular flexibility index (Phi) is 4.37. The van der Waals surface area contributed by atoms with E-state index in [-0.39, 0.29) is 11.6 Å². The van der Waals surface area contributed by atoms with Gasteiger partial charge in [0.05, 0.1) is 0 Å². The Morgan fingerprint density at radius 1 is 1.04 bits per heavy atom. The molecule has 1 aliphatic heterocycles. The van der Waals surface area contributed by atoms with Crippen molar-refractivity contribution in [1.82, 2.24) is 10.2 Å². The first-order chi connectivity index (χ1) is 11.2. The highest BCUT2D eigenvalue weighted by Gasteiger charge is 2.40. The van der Waals surface area contributed by atoms with Crippen molar-refractivity contribution in [3.05, 3.63) is 53.6 Å². The molecule has 0 aromatic heterocycles. The smallest absolute Gasteiger partial charge is 0.273 e. The van der Waals surface area contributed by atoms with Crippen LogP contribution in [-0.4, -0.2) is 28.8 Å². The van der Waals surface area contributed by atoms with Crippen molar-refractivity contribution in [2.24, 2.45) is 0 Å². The van der Waals surface area contributed by atoms with Crippen LogP contribution in [0, 0.1) is 0 Å². The molecule has 0 bridgehead atoms. The lowest BCUT2D eigenvalue weighted by molar-refractivity contribution is -0.131. The summed E-state index contributed by atoms with van der Waals surface area (Å²) < 4.78 is 0. The van der Waals surface area contributed by atoms with Crippen molar-refractivity contribution < 1.29 is 14.4 Å². The fourth-order valence-electron chi connectivity index (χ4n) is 3.00. The number of carbonyl (C=O) groups is 3. The highest BCUT2D eigenvalue weighted by atomic mass is 16.2. The third-order valence-electron chi connectivity index (χ3n) is 4.17. The summed E-state index contributed by atoms with van der Waals surface area (Å²) in [5.74, 6) is -1.13. The molecule has 1 aromatic rings. The van der Waals surface area contributed by atoms with Crippen molar-refractivity contribution in [1.29, 1.82) is 0 Å². The van der Waals surface area contributed by atoms with Gasteiger partial charge in [0.25, 0.3) is 11.8 Å². The average molecular weight is 310 g/mol. The molecule has 118 valence electrons. The molecule has 23 heavy (non-hydrogen) atoms. The van der Waals surface area contributed by atoms with Gasteiger partial charge in [0.1, 0.15) is 5.57 Å². The van der Waals surface area contributed by atoms with Gasteiger partial charge in [-0.3, -0.25) is 19.8 Å². The number of benzene rings is 1. The van der Waals surface area contributed by atoms with E-state index in [4.69, 9.17) is 0 Å². The van der Waals surface area contributed by atoms with Gasteiger partial charge >= 0.3 is 6.03 Å². The Morgan fingerprint density at radius 3 is 2.43 bits per heavy atom. The van der Waals surface area contributed by atoms with Crippen LogP contribution in [0.3, 0.4) is 0 Å². The summed E-state index contributed by atoms with van der Waals surface area (Å²) in [5, 5.41) is 2.26. The summed E-state index contributed by atoms with van der Waals surface area (Å²) in [7, 11) is 0. The van der Waals surface area contributed by atoms with Gasteiger partial charge in [-0.25, -0.2) is 4.79 Å². The fourth-order valence-corrected chi connectivity index (χ4v) is 3.00. The van der Waals surface area contributed by atoms with Crippen molar-refractivity contribution in [3.8, 4) is 0 Å². The normalized spacial score (nSPS) is 21.5. The molecule has 2 aliphatic rings. The molecule has 2 fully saturated rings. The molecule has 1 saturated heterocycles. The maximum absolute atomic E-state index is 12.5. The van der Waals surface area contributed by atoms with Crippen molar-refractivity contribution in [3.63, 3.8) is 0 Å². The first-order valence-electron chi connectivity index (χ1n) is 7.79.